The van der Waals surface area contributed by atoms with E-state index >= 15 is 0 Å². The number of para-hydroxylation sites is 1. The zero-order chi connectivity index (χ0) is 10.8. The zero-order valence-corrected chi connectivity index (χ0v) is 9.32. The molecule has 0 aromatic heterocycles. The number of nitrogens with one attached hydrogen (secondary N) is 1. The van der Waals surface area contributed by atoms with Gasteiger partial charge in [-0.2, -0.15) is 0 Å². The van der Waals surface area contributed by atoms with Gasteiger partial charge in [-0.15, -0.1) is 0 Å². The number of hydrogen-bond acceptors (Lipinski definition) is 3. The minimum absolute atomic E-state index is 0.290. The second-order valence-corrected chi connectivity index (χ2v) is 4.52. The Hall–Kier alpha value is -1.06. The Labute approximate surface area is 95.8 Å². The number of hydrogen-bond donors (Lipinski definition) is 1. The Morgan fingerprint density at radius 1 is 1.31 bits per heavy atom. The third-order valence-electron chi connectivity index (χ3n) is 3.28. The van der Waals surface area contributed by atoms with Crippen molar-refractivity contribution in [3.63, 3.8) is 0 Å². The van der Waals surface area contributed by atoms with Crippen LogP contribution >= 0.6 is 0 Å². The van der Waals surface area contributed by atoms with Gasteiger partial charge in [0, 0.05) is 25.6 Å². The summed E-state index contributed by atoms with van der Waals surface area (Å²) in [6.07, 6.45) is 2.44. The topological polar surface area (TPSA) is 30.5 Å². The molecule has 0 amide bonds. The van der Waals surface area contributed by atoms with Gasteiger partial charge in [0.25, 0.3) is 0 Å². The Bertz CT molecular complexity index is 336. The maximum absolute atomic E-state index is 5.86. The molecule has 1 aromatic carbocycles. The predicted molar refractivity (Wildman–Crippen MR) is 61.8 cm³/mol. The van der Waals surface area contributed by atoms with Gasteiger partial charge in [-0.3, -0.25) is 0 Å². The molecule has 2 heterocycles. The van der Waals surface area contributed by atoms with Gasteiger partial charge in [0.05, 0.1) is 6.61 Å². The quantitative estimate of drug-likeness (QED) is 0.833. The van der Waals surface area contributed by atoms with Crippen molar-refractivity contribution < 1.29 is 9.47 Å². The molecule has 3 rings (SSSR count). The van der Waals surface area contributed by atoms with Crippen LogP contribution in [-0.4, -0.2) is 31.9 Å². The van der Waals surface area contributed by atoms with E-state index in [0.29, 0.717) is 6.04 Å². The molecule has 0 spiro atoms. The van der Waals surface area contributed by atoms with Crippen molar-refractivity contribution in [2.24, 2.45) is 0 Å². The second kappa shape index (κ2) is 4.44. The van der Waals surface area contributed by atoms with E-state index in [1.807, 2.05) is 12.1 Å². The van der Waals surface area contributed by atoms with Crippen LogP contribution in [0.25, 0.3) is 0 Å². The third-order valence-corrected chi connectivity index (χ3v) is 3.28. The first-order valence-corrected chi connectivity index (χ1v) is 5.97. The lowest BCUT2D eigenvalue weighted by Gasteiger charge is -2.15. The second-order valence-electron chi connectivity index (χ2n) is 4.52. The van der Waals surface area contributed by atoms with E-state index in [0.717, 1.165) is 38.3 Å². The maximum atomic E-state index is 5.86. The maximum Gasteiger partial charge on any atom is 0.123 e. The van der Waals surface area contributed by atoms with Crippen molar-refractivity contribution in [3.8, 4) is 5.75 Å². The molecule has 2 aliphatic heterocycles. The molecule has 0 saturated carbocycles. The summed E-state index contributed by atoms with van der Waals surface area (Å²) in [5, 5.41) is 3.51. The summed E-state index contributed by atoms with van der Waals surface area (Å²) in [6.45, 7) is 2.66. The Kier molecular flexibility index (Phi) is 2.80. The molecule has 2 unspecified atom stereocenters. The molecular formula is C13H17NO2. The fraction of sp³-hybridized carbons (Fsp3) is 0.538. The summed E-state index contributed by atoms with van der Waals surface area (Å²) in [4.78, 5) is 0. The van der Waals surface area contributed by atoms with E-state index in [-0.39, 0.29) is 6.10 Å². The SMILES string of the molecule is c1ccc2c(c1)CC(CNC1CCOC1)O2. The lowest BCUT2D eigenvalue weighted by molar-refractivity contribution is 0.183. The molecule has 0 aliphatic carbocycles. The highest BCUT2D eigenvalue weighted by Crippen LogP contribution is 2.27. The van der Waals surface area contributed by atoms with Crippen molar-refractivity contribution in [2.75, 3.05) is 19.8 Å². The molecule has 16 heavy (non-hydrogen) atoms. The molecule has 2 aliphatic rings. The van der Waals surface area contributed by atoms with E-state index in [1.54, 1.807) is 0 Å². The van der Waals surface area contributed by atoms with E-state index in [2.05, 4.69) is 17.4 Å². The summed E-state index contributed by atoms with van der Waals surface area (Å²) >= 11 is 0. The predicted octanol–water partition coefficient (Wildman–Crippen LogP) is 1.37. The molecule has 3 nitrogen and oxygen atoms in total. The van der Waals surface area contributed by atoms with E-state index < -0.39 is 0 Å². The first kappa shape index (κ1) is 10.1. The van der Waals surface area contributed by atoms with Gasteiger partial charge in [0.2, 0.25) is 0 Å². The van der Waals surface area contributed by atoms with Crippen molar-refractivity contribution in [1.29, 1.82) is 0 Å². The van der Waals surface area contributed by atoms with Crippen LogP contribution in [0.1, 0.15) is 12.0 Å². The first-order valence-electron chi connectivity index (χ1n) is 5.97. The van der Waals surface area contributed by atoms with E-state index in [9.17, 15) is 0 Å². The number of rotatable bonds is 3. The number of fused-ring (bicyclic) bond motifs is 1. The van der Waals surface area contributed by atoms with Crippen LogP contribution < -0.4 is 10.1 Å². The molecule has 1 saturated heterocycles. The van der Waals surface area contributed by atoms with Gasteiger partial charge in [0.15, 0.2) is 0 Å². The van der Waals surface area contributed by atoms with E-state index in [1.165, 1.54) is 5.56 Å². The lowest BCUT2D eigenvalue weighted by atomic mass is 10.1. The molecule has 1 N–H and O–H groups in total. The molecule has 0 bridgehead atoms. The Morgan fingerprint density at radius 2 is 2.25 bits per heavy atom. The number of benzene rings is 1. The van der Waals surface area contributed by atoms with Crippen molar-refractivity contribution in [1.82, 2.24) is 5.32 Å². The number of ether oxygens (including phenoxy) is 2. The van der Waals surface area contributed by atoms with Crippen molar-refractivity contribution in [2.45, 2.75) is 25.0 Å². The van der Waals surface area contributed by atoms with Crippen LogP contribution in [-0.2, 0) is 11.2 Å². The van der Waals surface area contributed by atoms with Crippen LogP contribution in [0, 0.1) is 0 Å². The highest BCUT2D eigenvalue weighted by Gasteiger charge is 2.23. The van der Waals surface area contributed by atoms with Crippen molar-refractivity contribution in [3.05, 3.63) is 29.8 Å². The minimum atomic E-state index is 0.290. The van der Waals surface area contributed by atoms with E-state index in [4.69, 9.17) is 9.47 Å². The highest BCUT2D eigenvalue weighted by molar-refractivity contribution is 5.37. The summed E-state index contributed by atoms with van der Waals surface area (Å²) in [7, 11) is 0. The van der Waals surface area contributed by atoms with Gasteiger partial charge in [-0.05, 0) is 18.1 Å². The summed E-state index contributed by atoms with van der Waals surface area (Å²) in [6, 6.07) is 8.82. The molecule has 0 radical (unpaired) electrons. The van der Waals surface area contributed by atoms with Crippen molar-refractivity contribution >= 4 is 0 Å². The van der Waals surface area contributed by atoms with Gasteiger partial charge in [0.1, 0.15) is 11.9 Å². The summed E-state index contributed by atoms with van der Waals surface area (Å²) in [5.41, 5.74) is 1.33. The molecule has 1 fully saturated rings. The van der Waals surface area contributed by atoms with Gasteiger partial charge in [-0.1, -0.05) is 18.2 Å². The Morgan fingerprint density at radius 3 is 3.06 bits per heavy atom. The smallest absolute Gasteiger partial charge is 0.123 e. The molecular weight excluding hydrogens is 202 g/mol. The average Bonchev–Trinajstić information content (AvgIpc) is 2.95. The first-order chi connectivity index (χ1) is 7.92. The van der Waals surface area contributed by atoms with Gasteiger partial charge in [-0.25, -0.2) is 0 Å². The normalized spacial score (nSPS) is 27.8. The average molecular weight is 219 g/mol. The molecule has 1 aromatic rings. The highest BCUT2D eigenvalue weighted by atomic mass is 16.5. The van der Waals surface area contributed by atoms with Crippen LogP contribution in [0.5, 0.6) is 5.75 Å². The monoisotopic (exact) mass is 219 g/mol. The molecule has 3 heteroatoms. The summed E-state index contributed by atoms with van der Waals surface area (Å²) < 4.78 is 11.2. The van der Waals surface area contributed by atoms with Crippen LogP contribution in [0.3, 0.4) is 0 Å². The molecule has 2 atom stereocenters. The fourth-order valence-electron chi connectivity index (χ4n) is 2.36. The van der Waals surface area contributed by atoms with Crippen LogP contribution in [0.2, 0.25) is 0 Å². The van der Waals surface area contributed by atoms with Gasteiger partial charge < -0.3 is 14.8 Å². The largest absolute Gasteiger partial charge is 0.488 e. The molecule has 86 valence electrons. The minimum Gasteiger partial charge on any atom is -0.488 e. The Balaban J connectivity index is 1.52. The third kappa shape index (κ3) is 2.06. The lowest BCUT2D eigenvalue weighted by Crippen LogP contribution is -2.37. The van der Waals surface area contributed by atoms with Crippen LogP contribution in [0.4, 0.5) is 0 Å². The van der Waals surface area contributed by atoms with Gasteiger partial charge >= 0.3 is 0 Å². The standard InChI is InChI=1S/C13H17NO2/c1-2-4-13-10(3-1)7-12(16-13)8-14-11-5-6-15-9-11/h1-4,11-12,14H,5-9H2. The summed E-state index contributed by atoms with van der Waals surface area (Å²) in [5.74, 6) is 1.05. The van der Waals surface area contributed by atoms with Crippen LogP contribution in [0.15, 0.2) is 24.3 Å². The zero-order valence-electron chi connectivity index (χ0n) is 9.32. The fourth-order valence-corrected chi connectivity index (χ4v) is 2.36.